The number of aromatic nitrogens is 2. The van der Waals surface area contributed by atoms with E-state index in [-0.39, 0.29) is 12.5 Å². The molecule has 0 atom stereocenters. The van der Waals surface area contributed by atoms with Crippen molar-refractivity contribution in [3.05, 3.63) is 47.2 Å². The van der Waals surface area contributed by atoms with E-state index < -0.39 is 0 Å². The molecule has 118 valence electrons. The van der Waals surface area contributed by atoms with Crippen molar-refractivity contribution in [2.75, 3.05) is 24.7 Å². The second-order valence-corrected chi connectivity index (χ2v) is 6.20. The third-order valence-corrected chi connectivity index (χ3v) is 4.31. The van der Waals surface area contributed by atoms with E-state index in [1.807, 2.05) is 18.2 Å². The molecule has 1 heterocycles. The number of aliphatic hydroxyl groups excluding tert-OH is 1. The summed E-state index contributed by atoms with van der Waals surface area (Å²) in [5.74, 6) is 1.57. The number of aliphatic hydroxyl groups is 1. The normalized spacial score (nSPS) is 10.6. The number of para-hydroxylation sites is 1. The predicted octanol–water partition coefficient (Wildman–Crippen LogP) is 2.37. The lowest BCUT2D eigenvalue weighted by atomic mass is 10.3. The molecule has 7 heteroatoms. The number of thioether (sulfide) groups is 1. The average molecular weight is 340 g/mol. The van der Waals surface area contributed by atoms with Gasteiger partial charge in [-0.2, -0.15) is 16.9 Å². The summed E-state index contributed by atoms with van der Waals surface area (Å²) in [6.07, 6.45) is 3.97. The van der Waals surface area contributed by atoms with E-state index >= 15 is 0 Å². The van der Waals surface area contributed by atoms with Crippen LogP contribution in [0.15, 0.2) is 36.7 Å². The largest absolute Gasteiger partial charge is 0.396 e. The van der Waals surface area contributed by atoms with Crippen LogP contribution < -0.4 is 5.32 Å². The van der Waals surface area contributed by atoms with Crippen LogP contribution in [0.25, 0.3) is 5.69 Å². The summed E-state index contributed by atoms with van der Waals surface area (Å²) in [5, 5.41) is 16.3. The van der Waals surface area contributed by atoms with Crippen molar-refractivity contribution >= 4 is 29.3 Å². The number of hydrogen-bond donors (Lipinski definition) is 2. The number of halogens is 1. The van der Waals surface area contributed by atoms with Crippen LogP contribution >= 0.6 is 23.4 Å². The Morgan fingerprint density at radius 2 is 2.18 bits per heavy atom. The van der Waals surface area contributed by atoms with Crippen LogP contribution in [0, 0.1) is 0 Å². The Hall–Kier alpha value is -1.50. The van der Waals surface area contributed by atoms with Gasteiger partial charge in [0.1, 0.15) is 0 Å². The van der Waals surface area contributed by atoms with Crippen LogP contribution in [-0.2, 0) is 0 Å². The van der Waals surface area contributed by atoms with Gasteiger partial charge in [0, 0.05) is 25.1 Å². The van der Waals surface area contributed by atoms with Crippen molar-refractivity contribution < 1.29 is 9.90 Å². The third kappa shape index (κ3) is 4.76. The number of nitrogens with one attached hydrogen (secondary N) is 1. The molecule has 0 spiro atoms. The van der Waals surface area contributed by atoms with Crippen LogP contribution in [-0.4, -0.2) is 45.5 Å². The molecular weight excluding hydrogens is 322 g/mol. The number of carbonyl (C=O) groups excluding carboxylic acids is 1. The lowest BCUT2D eigenvalue weighted by Gasteiger charge is -2.04. The zero-order valence-corrected chi connectivity index (χ0v) is 13.6. The summed E-state index contributed by atoms with van der Waals surface area (Å²) in [5.41, 5.74) is 1.24. The summed E-state index contributed by atoms with van der Waals surface area (Å²) >= 11 is 7.82. The summed E-state index contributed by atoms with van der Waals surface area (Å²) in [6.45, 7) is 0.798. The molecule has 1 aromatic carbocycles. The molecule has 0 fully saturated rings. The van der Waals surface area contributed by atoms with E-state index in [9.17, 15) is 4.79 Å². The van der Waals surface area contributed by atoms with Crippen molar-refractivity contribution in [3.63, 3.8) is 0 Å². The second-order valence-electron chi connectivity index (χ2n) is 4.57. The molecule has 0 unspecified atom stereocenters. The van der Waals surface area contributed by atoms with Gasteiger partial charge in [-0.3, -0.25) is 4.79 Å². The number of nitrogens with zero attached hydrogens (tertiary/aromatic N) is 2. The van der Waals surface area contributed by atoms with Gasteiger partial charge < -0.3 is 10.4 Å². The highest BCUT2D eigenvalue weighted by atomic mass is 35.5. The molecular formula is C15H18ClN3O2S. The van der Waals surface area contributed by atoms with Crippen LogP contribution in [0.4, 0.5) is 0 Å². The predicted molar refractivity (Wildman–Crippen MR) is 89.9 cm³/mol. The van der Waals surface area contributed by atoms with Crippen molar-refractivity contribution in [3.8, 4) is 5.69 Å². The van der Waals surface area contributed by atoms with Gasteiger partial charge in [0.15, 0.2) is 0 Å². The minimum absolute atomic E-state index is 0.152. The smallest absolute Gasteiger partial charge is 0.254 e. The Bertz CT molecular complexity index is 618. The van der Waals surface area contributed by atoms with Crippen LogP contribution in [0.1, 0.15) is 16.8 Å². The Morgan fingerprint density at radius 1 is 1.36 bits per heavy atom. The standard InChI is InChI=1S/C15H18ClN3O2S/c16-13-4-1-2-5-14(13)19-11-12(10-18-19)15(21)17-6-9-22-8-3-7-20/h1-2,4-5,10-11,20H,3,6-9H2,(H,17,21). The Morgan fingerprint density at radius 3 is 2.95 bits per heavy atom. The zero-order valence-electron chi connectivity index (χ0n) is 12.0. The molecule has 0 radical (unpaired) electrons. The first kappa shape index (κ1) is 16.9. The van der Waals surface area contributed by atoms with Crippen molar-refractivity contribution in [2.24, 2.45) is 0 Å². The van der Waals surface area contributed by atoms with E-state index in [0.29, 0.717) is 17.1 Å². The topological polar surface area (TPSA) is 67.2 Å². The fourth-order valence-electron chi connectivity index (χ4n) is 1.82. The molecule has 0 saturated carbocycles. The van der Waals surface area contributed by atoms with Gasteiger partial charge >= 0.3 is 0 Å². The maximum atomic E-state index is 12.0. The maximum Gasteiger partial charge on any atom is 0.254 e. The number of rotatable bonds is 8. The second kappa shape index (κ2) is 8.82. The highest BCUT2D eigenvalue weighted by molar-refractivity contribution is 7.99. The first-order chi connectivity index (χ1) is 10.7. The first-order valence-electron chi connectivity index (χ1n) is 6.98. The van der Waals surface area contributed by atoms with Gasteiger partial charge in [-0.05, 0) is 24.3 Å². The van der Waals surface area contributed by atoms with Gasteiger partial charge in [-0.1, -0.05) is 23.7 Å². The molecule has 0 aliphatic carbocycles. The molecule has 0 bridgehead atoms. The van der Waals surface area contributed by atoms with Crippen molar-refractivity contribution in [1.29, 1.82) is 0 Å². The highest BCUT2D eigenvalue weighted by Crippen LogP contribution is 2.19. The van der Waals surface area contributed by atoms with E-state index in [2.05, 4.69) is 10.4 Å². The van der Waals surface area contributed by atoms with Gasteiger partial charge in [-0.15, -0.1) is 0 Å². The summed E-state index contributed by atoms with van der Waals surface area (Å²) in [4.78, 5) is 12.0. The highest BCUT2D eigenvalue weighted by Gasteiger charge is 2.10. The molecule has 0 saturated heterocycles. The minimum Gasteiger partial charge on any atom is -0.396 e. The van der Waals surface area contributed by atoms with E-state index in [4.69, 9.17) is 16.7 Å². The monoisotopic (exact) mass is 339 g/mol. The molecule has 0 aliphatic heterocycles. The fraction of sp³-hybridized carbons (Fsp3) is 0.333. The molecule has 22 heavy (non-hydrogen) atoms. The van der Waals surface area contributed by atoms with Gasteiger partial charge in [0.05, 0.1) is 22.5 Å². The molecule has 5 nitrogen and oxygen atoms in total. The van der Waals surface area contributed by atoms with Crippen molar-refractivity contribution in [2.45, 2.75) is 6.42 Å². The summed E-state index contributed by atoms with van der Waals surface area (Å²) in [6, 6.07) is 7.33. The van der Waals surface area contributed by atoms with Crippen LogP contribution in [0.5, 0.6) is 0 Å². The van der Waals surface area contributed by atoms with Crippen molar-refractivity contribution in [1.82, 2.24) is 15.1 Å². The first-order valence-corrected chi connectivity index (χ1v) is 8.52. The number of amides is 1. The quantitative estimate of drug-likeness (QED) is 0.725. The fourth-order valence-corrected chi connectivity index (χ4v) is 2.82. The summed E-state index contributed by atoms with van der Waals surface area (Å²) in [7, 11) is 0. The van der Waals surface area contributed by atoms with Crippen LogP contribution in [0.3, 0.4) is 0 Å². The summed E-state index contributed by atoms with van der Waals surface area (Å²) < 4.78 is 1.59. The number of hydrogen-bond acceptors (Lipinski definition) is 4. The number of carbonyl (C=O) groups is 1. The Balaban J connectivity index is 1.86. The molecule has 1 aromatic heterocycles. The Labute approximate surface area is 138 Å². The van der Waals surface area contributed by atoms with E-state index in [0.717, 1.165) is 23.6 Å². The van der Waals surface area contributed by atoms with Gasteiger partial charge in [0.25, 0.3) is 5.91 Å². The van der Waals surface area contributed by atoms with Gasteiger partial charge in [-0.25, -0.2) is 4.68 Å². The molecule has 0 aliphatic rings. The SMILES string of the molecule is O=C(NCCSCCCO)c1cnn(-c2ccccc2Cl)c1. The zero-order chi connectivity index (χ0) is 15.8. The minimum atomic E-state index is -0.152. The molecule has 2 aromatic rings. The van der Waals surface area contributed by atoms with E-state index in [1.165, 1.54) is 6.20 Å². The molecule has 2 rings (SSSR count). The van der Waals surface area contributed by atoms with Gasteiger partial charge in [0.2, 0.25) is 0 Å². The third-order valence-electron chi connectivity index (χ3n) is 2.92. The lowest BCUT2D eigenvalue weighted by Crippen LogP contribution is -2.25. The molecule has 1 amide bonds. The number of benzene rings is 1. The average Bonchev–Trinajstić information content (AvgIpc) is 3.01. The maximum absolute atomic E-state index is 12.0. The van der Waals surface area contributed by atoms with Crippen LogP contribution in [0.2, 0.25) is 5.02 Å². The Kier molecular flexibility index (Phi) is 6.76. The van der Waals surface area contributed by atoms with E-state index in [1.54, 1.807) is 28.7 Å². The lowest BCUT2D eigenvalue weighted by molar-refractivity contribution is 0.0956. The molecule has 2 N–H and O–H groups in total.